The van der Waals surface area contributed by atoms with Crippen LogP contribution in [0.5, 0.6) is 0 Å². The predicted octanol–water partition coefficient (Wildman–Crippen LogP) is 3.03. The number of hydrogen-bond acceptors (Lipinski definition) is 3. The summed E-state index contributed by atoms with van der Waals surface area (Å²) >= 11 is 0. The van der Waals surface area contributed by atoms with Crippen LogP contribution >= 0.6 is 0 Å². The van der Waals surface area contributed by atoms with Gasteiger partial charge in [0.1, 0.15) is 5.82 Å². The van der Waals surface area contributed by atoms with Gasteiger partial charge in [-0.1, -0.05) is 19.9 Å². The highest BCUT2D eigenvalue weighted by atomic mass is 15.2. The maximum absolute atomic E-state index is 4.52. The van der Waals surface area contributed by atoms with E-state index in [-0.39, 0.29) is 0 Å². The van der Waals surface area contributed by atoms with Gasteiger partial charge >= 0.3 is 0 Å². The van der Waals surface area contributed by atoms with Crippen LogP contribution in [-0.2, 0) is 0 Å². The minimum atomic E-state index is 0.519. The molecule has 0 saturated carbocycles. The van der Waals surface area contributed by atoms with E-state index in [4.69, 9.17) is 0 Å². The molecule has 3 nitrogen and oxygen atoms in total. The predicted molar refractivity (Wildman–Crippen MR) is 84.0 cm³/mol. The summed E-state index contributed by atoms with van der Waals surface area (Å²) in [4.78, 5) is 9.69. The van der Waals surface area contributed by atoms with Crippen molar-refractivity contribution in [2.75, 3.05) is 37.6 Å². The standard InChI is InChI=1S/C17H27N3/c1-15(2)12-19-10-5-7-17(13-19)8-11-20(14-17)16-6-3-4-9-18-16/h3-4,6,9,15H,5,7-8,10-14H2,1-2H3. The van der Waals surface area contributed by atoms with E-state index in [1.54, 1.807) is 0 Å². The van der Waals surface area contributed by atoms with Crippen molar-refractivity contribution in [1.82, 2.24) is 9.88 Å². The van der Waals surface area contributed by atoms with Crippen molar-refractivity contribution >= 4 is 5.82 Å². The van der Waals surface area contributed by atoms with Crippen molar-refractivity contribution in [3.63, 3.8) is 0 Å². The summed E-state index contributed by atoms with van der Waals surface area (Å²) in [6, 6.07) is 6.24. The van der Waals surface area contributed by atoms with E-state index in [1.807, 2.05) is 12.3 Å². The molecule has 1 unspecified atom stereocenters. The van der Waals surface area contributed by atoms with Crippen LogP contribution in [0.4, 0.5) is 5.82 Å². The van der Waals surface area contributed by atoms with Crippen LogP contribution in [0, 0.1) is 11.3 Å². The fraction of sp³-hybridized carbons (Fsp3) is 0.706. The van der Waals surface area contributed by atoms with Crippen LogP contribution in [0.25, 0.3) is 0 Å². The van der Waals surface area contributed by atoms with Crippen molar-refractivity contribution < 1.29 is 0 Å². The monoisotopic (exact) mass is 273 g/mol. The van der Waals surface area contributed by atoms with Crippen LogP contribution < -0.4 is 4.90 Å². The lowest BCUT2D eigenvalue weighted by molar-refractivity contribution is 0.0951. The second-order valence-electron chi connectivity index (χ2n) is 7.09. The average Bonchev–Trinajstić information content (AvgIpc) is 2.83. The summed E-state index contributed by atoms with van der Waals surface area (Å²) in [7, 11) is 0. The van der Waals surface area contributed by atoms with Gasteiger partial charge in [0.15, 0.2) is 0 Å². The van der Waals surface area contributed by atoms with Crippen molar-refractivity contribution in [3.05, 3.63) is 24.4 Å². The SMILES string of the molecule is CC(C)CN1CCCC2(CCN(c3ccccn3)C2)C1. The normalized spacial score (nSPS) is 27.6. The van der Waals surface area contributed by atoms with Crippen molar-refractivity contribution in [2.24, 2.45) is 11.3 Å². The van der Waals surface area contributed by atoms with E-state index in [1.165, 1.54) is 52.0 Å². The van der Waals surface area contributed by atoms with E-state index in [2.05, 4.69) is 40.8 Å². The van der Waals surface area contributed by atoms with Gasteiger partial charge in [0.25, 0.3) is 0 Å². The third-order valence-electron chi connectivity index (χ3n) is 4.78. The molecule has 2 saturated heterocycles. The Kier molecular flexibility index (Phi) is 3.97. The second kappa shape index (κ2) is 5.72. The lowest BCUT2D eigenvalue weighted by Gasteiger charge is -2.41. The highest BCUT2D eigenvalue weighted by Gasteiger charge is 2.41. The Labute approximate surface area is 123 Å². The van der Waals surface area contributed by atoms with Crippen LogP contribution in [-0.4, -0.2) is 42.6 Å². The van der Waals surface area contributed by atoms with E-state index in [0.717, 1.165) is 11.7 Å². The van der Waals surface area contributed by atoms with Crippen molar-refractivity contribution in [3.8, 4) is 0 Å². The fourth-order valence-electron chi connectivity index (χ4n) is 3.99. The largest absolute Gasteiger partial charge is 0.356 e. The Morgan fingerprint density at radius 1 is 1.20 bits per heavy atom. The van der Waals surface area contributed by atoms with Crippen molar-refractivity contribution in [1.29, 1.82) is 0 Å². The molecular formula is C17H27N3. The Balaban J connectivity index is 1.66. The smallest absolute Gasteiger partial charge is 0.128 e. The van der Waals surface area contributed by atoms with Crippen LogP contribution in [0.1, 0.15) is 33.1 Å². The number of nitrogens with zero attached hydrogens (tertiary/aromatic N) is 3. The number of anilines is 1. The molecule has 0 aliphatic carbocycles. The Bertz CT molecular complexity index is 431. The molecule has 0 amide bonds. The molecule has 110 valence electrons. The number of pyridine rings is 1. The topological polar surface area (TPSA) is 19.4 Å². The zero-order valence-corrected chi connectivity index (χ0v) is 12.9. The van der Waals surface area contributed by atoms with Crippen LogP contribution in [0.3, 0.4) is 0 Å². The molecule has 1 spiro atoms. The highest BCUT2D eigenvalue weighted by Crippen LogP contribution is 2.40. The average molecular weight is 273 g/mol. The molecule has 3 heteroatoms. The molecule has 2 aliphatic heterocycles. The van der Waals surface area contributed by atoms with E-state index >= 15 is 0 Å². The molecule has 3 heterocycles. The Hall–Kier alpha value is -1.09. The summed E-state index contributed by atoms with van der Waals surface area (Å²) in [5.41, 5.74) is 0.519. The molecule has 0 bridgehead atoms. The zero-order valence-electron chi connectivity index (χ0n) is 12.9. The first-order valence-corrected chi connectivity index (χ1v) is 8.05. The summed E-state index contributed by atoms with van der Waals surface area (Å²) in [5, 5.41) is 0. The van der Waals surface area contributed by atoms with E-state index in [0.29, 0.717) is 5.41 Å². The lowest BCUT2D eigenvalue weighted by atomic mass is 9.79. The maximum atomic E-state index is 4.52. The Morgan fingerprint density at radius 3 is 2.85 bits per heavy atom. The summed E-state index contributed by atoms with van der Waals surface area (Å²) in [6.45, 7) is 10.9. The van der Waals surface area contributed by atoms with Gasteiger partial charge in [0, 0.05) is 37.8 Å². The molecule has 0 radical (unpaired) electrons. The van der Waals surface area contributed by atoms with Gasteiger partial charge in [-0.05, 0) is 43.9 Å². The van der Waals surface area contributed by atoms with Gasteiger partial charge in [0.2, 0.25) is 0 Å². The number of hydrogen-bond donors (Lipinski definition) is 0. The van der Waals surface area contributed by atoms with Gasteiger partial charge in [-0.15, -0.1) is 0 Å². The molecule has 1 aromatic heterocycles. The van der Waals surface area contributed by atoms with Crippen LogP contribution in [0.15, 0.2) is 24.4 Å². The minimum Gasteiger partial charge on any atom is -0.356 e. The van der Waals surface area contributed by atoms with Crippen LogP contribution in [0.2, 0.25) is 0 Å². The molecule has 2 aliphatic rings. The number of rotatable bonds is 3. The first kappa shape index (κ1) is 13.9. The first-order chi connectivity index (χ1) is 9.67. The zero-order chi connectivity index (χ0) is 14.0. The molecule has 3 rings (SSSR count). The third kappa shape index (κ3) is 2.98. The number of piperidine rings is 1. The highest BCUT2D eigenvalue weighted by molar-refractivity contribution is 5.39. The second-order valence-corrected chi connectivity index (χ2v) is 7.09. The molecule has 2 fully saturated rings. The quantitative estimate of drug-likeness (QED) is 0.844. The van der Waals surface area contributed by atoms with Crippen molar-refractivity contribution in [2.45, 2.75) is 33.1 Å². The number of aromatic nitrogens is 1. The molecule has 0 N–H and O–H groups in total. The summed E-state index contributed by atoms with van der Waals surface area (Å²) in [5.74, 6) is 1.93. The molecule has 20 heavy (non-hydrogen) atoms. The lowest BCUT2D eigenvalue weighted by Crippen LogP contribution is -2.46. The summed E-state index contributed by atoms with van der Waals surface area (Å²) < 4.78 is 0. The van der Waals surface area contributed by atoms with E-state index in [9.17, 15) is 0 Å². The maximum Gasteiger partial charge on any atom is 0.128 e. The molecule has 0 aromatic carbocycles. The van der Waals surface area contributed by atoms with Gasteiger partial charge in [-0.3, -0.25) is 0 Å². The molecule has 1 atom stereocenters. The Morgan fingerprint density at radius 2 is 2.10 bits per heavy atom. The summed E-state index contributed by atoms with van der Waals surface area (Å²) in [6.07, 6.45) is 6.00. The fourth-order valence-corrected chi connectivity index (χ4v) is 3.99. The third-order valence-corrected chi connectivity index (χ3v) is 4.78. The first-order valence-electron chi connectivity index (χ1n) is 8.05. The number of likely N-dealkylation sites (tertiary alicyclic amines) is 1. The van der Waals surface area contributed by atoms with Gasteiger partial charge in [-0.2, -0.15) is 0 Å². The molecular weight excluding hydrogens is 246 g/mol. The minimum absolute atomic E-state index is 0.519. The van der Waals surface area contributed by atoms with E-state index < -0.39 is 0 Å². The molecule has 1 aromatic rings. The van der Waals surface area contributed by atoms with Gasteiger partial charge in [-0.25, -0.2) is 4.98 Å². The van der Waals surface area contributed by atoms with Gasteiger partial charge < -0.3 is 9.80 Å². The van der Waals surface area contributed by atoms with Gasteiger partial charge in [0.05, 0.1) is 0 Å².